The van der Waals surface area contributed by atoms with E-state index in [1.807, 2.05) is 0 Å². The van der Waals surface area contributed by atoms with Crippen LogP contribution in [0.15, 0.2) is 24.2 Å². The van der Waals surface area contributed by atoms with E-state index in [0.29, 0.717) is 11.6 Å². The smallest absolute Gasteiger partial charge is 0.445 e. The number of benzene rings is 1. The topological polar surface area (TPSA) is 29.1 Å². The third-order valence-corrected chi connectivity index (χ3v) is 2.31. The summed E-state index contributed by atoms with van der Waals surface area (Å²) in [7, 11) is 0. The molecule has 21 heavy (non-hydrogen) atoms. The first-order valence-electron chi connectivity index (χ1n) is 5.38. The molecule has 0 saturated carbocycles. The molecule has 0 saturated heterocycles. The fourth-order valence-corrected chi connectivity index (χ4v) is 1.41. The van der Waals surface area contributed by atoms with Crippen molar-refractivity contribution in [3.05, 3.63) is 35.3 Å². The maximum Gasteiger partial charge on any atom is 1.00 e. The van der Waals surface area contributed by atoms with E-state index in [9.17, 15) is 30.9 Å². The summed E-state index contributed by atoms with van der Waals surface area (Å²) in [4.78, 5) is 10.8. The number of carbonyl (C=O) groups excluding carboxylic acids is 1. The van der Waals surface area contributed by atoms with Gasteiger partial charge in [-0.2, -0.15) is 13.2 Å². The van der Waals surface area contributed by atoms with Gasteiger partial charge in [0, 0.05) is 5.69 Å². The summed E-state index contributed by atoms with van der Waals surface area (Å²) in [6.45, 7) is -3.80. The molecule has 1 aromatic carbocycles. The summed E-state index contributed by atoms with van der Waals surface area (Å²) in [5.41, 5.74) is -0.144. The molecule has 0 aliphatic rings. The van der Waals surface area contributed by atoms with Crippen molar-refractivity contribution < 1.29 is 82.3 Å². The van der Waals surface area contributed by atoms with Gasteiger partial charge in [0.05, 0.1) is 0 Å². The predicted molar refractivity (Wildman–Crippen MR) is 64.0 cm³/mol. The molecule has 0 fully saturated rings. The maximum absolute atomic E-state index is 12.2. The van der Waals surface area contributed by atoms with Gasteiger partial charge in [0.1, 0.15) is 0 Å². The summed E-state index contributed by atoms with van der Waals surface area (Å²) in [6, 6.07) is 3.85. The third-order valence-electron chi connectivity index (χ3n) is 2.31. The Morgan fingerprint density at radius 2 is 1.81 bits per heavy atom. The summed E-state index contributed by atoms with van der Waals surface area (Å²) >= 11 is 0. The maximum atomic E-state index is 12.2. The van der Waals surface area contributed by atoms with Crippen molar-refractivity contribution in [2.45, 2.75) is 13.1 Å². The van der Waals surface area contributed by atoms with E-state index in [2.05, 4.69) is 0 Å². The van der Waals surface area contributed by atoms with Crippen LogP contribution in [0.3, 0.4) is 0 Å². The quantitative estimate of drug-likeness (QED) is 0.646. The van der Waals surface area contributed by atoms with Crippen LogP contribution in [0.4, 0.5) is 31.8 Å². The molecule has 0 radical (unpaired) electrons. The second-order valence-electron chi connectivity index (χ2n) is 3.97. The molecule has 1 aromatic rings. The Hall–Kier alpha value is -0.289. The SMILES string of the molecule is Cc1cccc(NC(=O)C(F)(F)F)c1/C=C/[B-](F)(F)F.[K+]. The Morgan fingerprint density at radius 1 is 1.24 bits per heavy atom. The summed E-state index contributed by atoms with van der Waals surface area (Å²) < 4.78 is 72.9. The van der Waals surface area contributed by atoms with Gasteiger partial charge >= 0.3 is 70.4 Å². The number of anilines is 1. The van der Waals surface area contributed by atoms with E-state index in [-0.39, 0.29) is 68.6 Å². The molecule has 2 nitrogen and oxygen atoms in total. The van der Waals surface area contributed by atoms with Crippen molar-refractivity contribution in [2.75, 3.05) is 5.32 Å². The molecule has 1 N–H and O–H groups in total. The first-order valence-corrected chi connectivity index (χ1v) is 5.38. The number of amides is 1. The van der Waals surface area contributed by atoms with Crippen LogP contribution in [-0.4, -0.2) is 19.1 Å². The molecule has 0 bridgehead atoms. The van der Waals surface area contributed by atoms with Gasteiger partial charge in [-0.1, -0.05) is 18.2 Å². The predicted octanol–water partition coefficient (Wildman–Crippen LogP) is 0.900. The monoisotopic (exact) mass is 335 g/mol. The molecule has 0 aliphatic heterocycles. The summed E-state index contributed by atoms with van der Waals surface area (Å²) in [6.07, 6.45) is -4.47. The van der Waals surface area contributed by atoms with Crippen molar-refractivity contribution >= 4 is 24.6 Å². The van der Waals surface area contributed by atoms with Gasteiger partial charge in [-0.25, -0.2) is 0 Å². The molecule has 1 rings (SSSR count). The average Bonchev–Trinajstić information content (AvgIpc) is 2.25. The van der Waals surface area contributed by atoms with E-state index in [1.165, 1.54) is 19.1 Å². The van der Waals surface area contributed by atoms with Crippen LogP contribution < -0.4 is 56.7 Å². The number of hydrogen-bond acceptors (Lipinski definition) is 1. The van der Waals surface area contributed by atoms with Crippen molar-refractivity contribution in [2.24, 2.45) is 0 Å². The van der Waals surface area contributed by atoms with Crippen LogP contribution in [0.2, 0.25) is 0 Å². The molecule has 10 heteroatoms. The molecular formula is C11H9BF6KNO. The van der Waals surface area contributed by atoms with Crippen LogP contribution >= 0.6 is 0 Å². The van der Waals surface area contributed by atoms with E-state index in [4.69, 9.17) is 0 Å². The van der Waals surface area contributed by atoms with Gasteiger partial charge in [-0.15, -0.1) is 5.98 Å². The first kappa shape index (κ1) is 20.7. The van der Waals surface area contributed by atoms with Crippen LogP contribution in [0, 0.1) is 6.92 Å². The van der Waals surface area contributed by atoms with Crippen LogP contribution in [0.5, 0.6) is 0 Å². The molecule has 0 spiro atoms. The van der Waals surface area contributed by atoms with Crippen LogP contribution in [0.1, 0.15) is 11.1 Å². The molecular weight excluding hydrogens is 326 g/mol. The third kappa shape index (κ3) is 7.00. The molecule has 0 heterocycles. The van der Waals surface area contributed by atoms with Gasteiger partial charge in [0.15, 0.2) is 0 Å². The second-order valence-corrected chi connectivity index (χ2v) is 3.97. The fourth-order valence-electron chi connectivity index (χ4n) is 1.41. The van der Waals surface area contributed by atoms with E-state index >= 15 is 0 Å². The number of halogens is 6. The number of nitrogens with one attached hydrogen (secondary N) is 1. The van der Waals surface area contributed by atoms with Crippen molar-refractivity contribution in [3.63, 3.8) is 0 Å². The van der Waals surface area contributed by atoms with E-state index in [1.54, 1.807) is 5.32 Å². The number of alkyl halides is 3. The first-order chi connectivity index (χ1) is 9.00. The fraction of sp³-hybridized carbons (Fsp3) is 0.182. The Bertz CT molecular complexity index is 540. The zero-order valence-corrected chi connectivity index (χ0v) is 14.3. The normalized spacial score (nSPS) is 12.1. The Balaban J connectivity index is 0.00000400. The van der Waals surface area contributed by atoms with Crippen LogP contribution in [-0.2, 0) is 4.79 Å². The van der Waals surface area contributed by atoms with Gasteiger partial charge in [-0.3, -0.25) is 4.79 Å². The van der Waals surface area contributed by atoms with Crippen molar-refractivity contribution in [1.82, 2.24) is 0 Å². The van der Waals surface area contributed by atoms with Gasteiger partial charge in [-0.05, 0) is 24.1 Å². The van der Waals surface area contributed by atoms with Gasteiger partial charge < -0.3 is 18.3 Å². The zero-order valence-electron chi connectivity index (χ0n) is 11.1. The molecule has 0 aliphatic carbocycles. The Morgan fingerprint density at radius 3 is 2.29 bits per heavy atom. The summed E-state index contributed by atoms with van der Waals surface area (Å²) in [5.74, 6) is -2.29. The number of hydrogen-bond donors (Lipinski definition) is 1. The molecule has 0 unspecified atom stereocenters. The minimum atomic E-state index is -5.22. The van der Waals surface area contributed by atoms with Gasteiger partial charge in [0.25, 0.3) is 0 Å². The number of carbonyl (C=O) groups is 1. The van der Waals surface area contributed by atoms with E-state index < -0.39 is 19.1 Å². The minimum Gasteiger partial charge on any atom is -0.445 e. The average molecular weight is 335 g/mol. The Labute approximate surface area is 159 Å². The summed E-state index contributed by atoms with van der Waals surface area (Å²) in [5, 5.41) is 1.55. The zero-order chi connectivity index (χ0) is 15.6. The van der Waals surface area contributed by atoms with Crippen LogP contribution in [0.25, 0.3) is 6.08 Å². The number of aryl methyl sites for hydroxylation is 1. The molecule has 110 valence electrons. The Kier molecular flexibility index (Phi) is 7.71. The number of rotatable bonds is 3. The molecule has 1 amide bonds. The molecule has 0 aromatic heterocycles. The molecule has 0 atom stereocenters. The largest absolute Gasteiger partial charge is 1.00 e. The standard InChI is InChI=1S/C11H9BF6NO.K/c1-7-3-2-4-9(19-10(20)11(13,14)15)8(7)5-6-12(16,17)18;/h2-6H,1H3,(H,19,20);/q-1;+1/b6-5+;. The van der Waals surface area contributed by atoms with Gasteiger partial charge in [0.2, 0.25) is 0 Å². The minimum absolute atomic E-state index is 0. The van der Waals surface area contributed by atoms with Crippen molar-refractivity contribution in [3.8, 4) is 0 Å². The second kappa shape index (κ2) is 7.82. The van der Waals surface area contributed by atoms with Crippen molar-refractivity contribution in [1.29, 1.82) is 0 Å². The van der Waals surface area contributed by atoms with E-state index in [0.717, 1.165) is 6.07 Å².